The van der Waals surface area contributed by atoms with E-state index < -0.39 is 6.03 Å². The number of aliphatic imine (C=N–C) groups is 1. The Kier molecular flexibility index (Phi) is 2.64. The van der Waals surface area contributed by atoms with Gasteiger partial charge in [0.2, 0.25) is 0 Å². The van der Waals surface area contributed by atoms with Crippen molar-refractivity contribution < 1.29 is 4.79 Å². The lowest BCUT2D eigenvalue weighted by Crippen LogP contribution is -2.07. The number of amides is 2. The molecule has 0 radical (unpaired) electrons. The van der Waals surface area contributed by atoms with Crippen molar-refractivity contribution in [1.29, 1.82) is 0 Å². The van der Waals surface area contributed by atoms with Crippen LogP contribution >= 0.6 is 0 Å². The van der Waals surface area contributed by atoms with E-state index in [9.17, 15) is 4.79 Å². The first kappa shape index (κ1) is 9.25. The number of aryl methyl sites for hydroxylation is 1. The summed E-state index contributed by atoms with van der Waals surface area (Å²) in [7, 11) is 0. The zero-order chi connectivity index (χ0) is 9.84. The topological polar surface area (TPSA) is 67.5 Å². The lowest BCUT2D eigenvalue weighted by Gasteiger charge is -2.05. The molecule has 0 bridgehead atoms. The maximum absolute atomic E-state index is 10.8. The van der Waals surface area contributed by atoms with Crippen molar-refractivity contribution in [2.75, 3.05) is 11.1 Å². The summed E-state index contributed by atoms with van der Waals surface area (Å²) in [6, 6.07) is 4.86. The van der Waals surface area contributed by atoms with Gasteiger partial charge in [-0.25, -0.2) is 9.79 Å². The van der Waals surface area contributed by atoms with Crippen LogP contribution in [0.15, 0.2) is 23.2 Å². The van der Waals surface area contributed by atoms with Crippen LogP contribution in [-0.4, -0.2) is 12.7 Å². The highest BCUT2D eigenvalue weighted by molar-refractivity contribution is 5.94. The van der Waals surface area contributed by atoms with Gasteiger partial charge in [0.25, 0.3) is 0 Å². The van der Waals surface area contributed by atoms with Gasteiger partial charge in [-0.05, 0) is 31.3 Å². The maximum atomic E-state index is 10.8. The number of benzene rings is 1. The number of anilines is 2. The molecule has 0 fully saturated rings. The third kappa shape index (κ3) is 2.30. The number of urea groups is 1. The SMILES string of the molecule is C=NC(=O)Nc1ccc(C)cc1N. The molecule has 0 unspecified atom stereocenters. The Labute approximate surface area is 76.5 Å². The van der Waals surface area contributed by atoms with E-state index in [1.54, 1.807) is 12.1 Å². The monoisotopic (exact) mass is 177 g/mol. The number of hydrogen-bond acceptors (Lipinski definition) is 2. The molecular formula is C9H11N3O. The normalized spacial score (nSPS) is 9.31. The molecule has 3 N–H and O–H groups in total. The number of rotatable bonds is 1. The van der Waals surface area contributed by atoms with Crippen molar-refractivity contribution >= 4 is 24.1 Å². The van der Waals surface area contributed by atoms with Gasteiger partial charge in [0.15, 0.2) is 0 Å². The number of carbonyl (C=O) groups is 1. The second-order valence-electron chi connectivity index (χ2n) is 2.68. The van der Waals surface area contributed by atoms with Gasteiger partial charge in [0.05, 0.1) is 11.4 Å². The summed E-state index contributed by atoms with van der Waals surface area (Å²) < 4.78 is 0. The van der Waals surface area contributed by atoms with Gasteiger partial charge in [0, 0.05) is 0 Å². The Morgan fingerprint density at radius 3 is 2.85 bits per heavy atom. The molecule has 1 rings (SSSR count). The second-order valence-corrected chi connectivity index (χ2v) is 2.68. The van der Waals surface area contributed by atoms with Gasteiger partial charge in [0.1, 0.15) is 0 Å². The second kappa shape index (κ2) is 3.71. The molecule has 0 saturated heterocycles. The fraction of sp³-hybridized carbons (Fsp3) is 0.111. The Hall–Kier alpha value is -1.84. The summed E-state index contributed by atoms with van der Waals surface area (Å²) >= 11 is 0. The Bertz CT molecular complexity index is 347. The number of nitrogens with one attached hydrogen (secondary N) is 1. The zero-order valence-corrected chi connectivity index (χ0v) is 7.37. The van der Waals surface area contributed by atoms with E-state index >= 15 is 0 Å². The number of nitrogen functional groups attached to an aromatic ring is 1. The Morgan fingerprint density at radius 2 is 2.31 bits per heavy atom. The average Bonchev–Trinajstić information content (AvgIpc) is 2.09. The van der Waals surface area contributed by atoms with Crippen LogP contribution in [0.2, 0.25) is 0 Å². The third-order valence-electron chi connectivity index (χ3n) is 1.59. The first-order valence-corrected chi connectivity index (χ1v) is 3.77. The molecule has 2 amide bonds. The number of carbonyl (C=O) groups excluding carboxylic acids is 1. The molecule has 0 aromatic heterocycles. The molecule has 0 saturated carbocycles. The molecule has 0 aliphatic carbocycles. The predicted octanol–water partition coefficient (Wildman–Crippen LogP) is 1.81. The summed E-state index contributed by atoms with van der Waals surface area (Å²) in [6.07, 6.45) is 0. The molecule has 0 spiro atoms. The van der Waals surface area contributed by atoms with E-state index in [-0.39, 0.29) is 0 Å². The van der Waals surface area contributed by atoms with E-state index in [0.717, 1.165) is 5.56 Å². The lowest BCUT2D eigenvalue weighted by molar-refractivity contribution is 0.260. The predicted molar refractivity (Wildman–Crippen MR) is 54.2 cm³/mol. The zero-order valence-electron chi connectivity index (χ0n) is 7.37. The summed E-state index contributed by atoms with van der Waals surface area (Å²) in [5, 5.41) is 2.49. The van der Waals surface area contributed by atoms with Crippen LogP contribution in [0.3, 0.4) is 0 Å². The highest BCUT2D eigenvalue weighted by atomic mass is 16.2. The van der Waals surface area contributed by atoms with Crippen LogP contribution in [0.5, 0.6) is 0 Å². The number of hydrogen-bond donors (Lipinski definition) is 2. The van der Waals surface area contributed by atoms with E-state index in [4.69, 9.17) is 5.73 Å². The minimum atomic E-state index is -0.504. The number of nitrogens with two attached hydrogens (primary N) is 1. The minimum absolute atomic E-state index is 0.504. The molecule has 4 nitrogen and oxygen atoms in total. The molecule has 68 valence electrons. The van der Waals surface area contributed by atoms with E-state index in [1.807, 2.05) is 13.0 Å². The van der Waals surface area contributed by atoms with Crippen molar-refractivity contribution in [3.63, 3.8) is 0 Å². The summed E-state index contributed by atoms with van der Waals surface area (Å²) in [4.78, 5) is 14.0. The molecule has 1 aromatic rings. The fourth-order valence-corrected chi connectivity index (χ4v) is 0.951. The Morgan fingerprint density at radius 1 is 1.62 bits per heavy atom. The van der Waals surface area contributed by atoms with Crippen molar-refractivity contribution in [3.05, 3.63) is 23.8 Å². The largest absolute Gasteiger partial charge is 0.397 e. The van der Waals surface area contributed by atoms with Gasteiger partial charge in [-0.2, -0.15) is 0 Å². The lowest BCUT2D eigenvalue weighted by atomic mass is 10.2. The van der Waals surface area contributed by atoms with Crippen LogP contribution in [0.4, 0.5) is 16.2 Å². The van der Waals surface area contributed by atoms with Crippen LogP contribution < -0.4 is 11.1 Å². The molecule has 0 aliphatic rings. The molecule has 4 heteroatoms. The van der Waals surface area contributed by atoms with Gasteiger partial charge < -0.3 is 11.1 Å². The van der Waals surface area contributed by atoms with Gasteiger partial charge in [-0.15, -0.1) is 0 Å². The molecule has 0 aliphatic heterocycles. The highest BCUT2D eigenvalue weighted by Crippen LogP contribution is 2.19. The van der Waals surface area contributed by atoms with Gasteiger partial charge in [-0.3, -0.25) is 0 Å². The van der Waals surface area contributed by atoms with E-state index in [1.165, 1.54) is 0 Å². The van der Waals surface area contributed by atoms with Crippen LogP contribution in [-0.2, 0) is 0 Å². The summed E-state index contributed by atoms with van der Waals surface area (Å²) in [5.41, 5.74) is 7.77. The van der Waals surface area contributed by atoms with Crippen molar-refractivity contribution in [1.82, 2.24) is 0 Å². The van der Waals surface area contributed by atoms with Crippen LogP contribution in [0.1, 0.15) is 5.56 Å². The summed E-state index contributed by atoms with van der Waals surface area (Å²) in [6.45, 7) is 5.03. The quantitative estimate of drug-likeness (QED) is 0.507. The third-order valence-corrected chi connectivity index (χ3v) is 1.59. The first-order chi connectivity index (χ1) is 6.13. The van der Waals surface area contributed by atoms with Gasteiger partial charge in [-0.1, -0.05) is 6.07 Å². The van der Waals surface area contributed by atoms with Crippen LogP contribution in [0, 0.1) is 6.92 Å². The molecule has 1 aromatic carbocycles. The molecule has 0 atom stereocenters. The average molecular weight is 177 g/mol. The molecule has 0 heterocycles. The standard InChI is InChI=1S/C9H11N3O/c1-6-3-4-8(7(10)5-6)12-9(13)11-2/h3-5H,2,10H2,1H3,(H,12,13). The molecular weight excluding hydrogens is 166 g/mol. The number of nitrogens with zero attached hydrogens (tertiary/aromatic N) is 1. The van der Waals surface area contributed by atoms with Gasteiger partial charge >= 0.3 is 6.03 Å². The van der Waals surface area contributed by atoms with E-state index in [2.05, 4.69) is 17.0 Å². The Balaban J connectivity index is 2.89. The highest BCUT2D eigenvalue weighted by Gasteiger charge is 2.01. The molecule has 13 heavy (non-hydrogen) atoms. The van der Waals surface area contributed by atoms with Crippen molar-refractivity contribution in [2.24, 2.45) is 4.99 Å². The smallest absolute Gasteiger partial charge is 0.344 e. The summed E-state index contributed by atoms with van der Waals surface area (Å²) in [5.74, 6) is 0. The van der Waals surface area contributed by atoms with Crippen molar-refractivity contribution in [3.8, 4) is 0 Å². The minimum Gasteiger partial charge on any atom is -0.397 e. The van der Waals surface area contributed by atoms with E-state index in [0.29, 0.717) is 11.4 Å². The van der Waals surface area contributed by atoms with Crippen molar-refractivity contribution in [2.45, 2.75) is 6.92 Å². The first-order valence-electron chi connectivity index (χ1n) is 3.77. The fourth-order valence-electron chi connectivity index (χ4n) is 0.951. The van der Waals surface area contributed by atoms with Crippen LogP contribution in [0.25, 0.3) is 0 Å². The maximum Gasteiger partial charge on any atom is 0.344 e.